The number of pyridine rings is 1. The zero-order valence-electron chi connectivity index (χ0n) is 15.2. The Hall–Kier alpha value is -3.34. The van der Waals surface area contributed by atoms with Crippen molar-refractivity contribution >= 4 is 17.4 Å². The quantitative estimate of drug-likeness (QED) is 0.767. The fraction of sp³-hybridized carbons (Fsp3) is 0.182. The number of rotatable bonds is 4. The Bertz CT molecular complexity index is 954. The number of para-hydroxylation sites is 1. The molecule has 1 N–H and O–H groups in total. The Morgan fingerprint density at radius 2 is 1.81 bits per heavy atom. The van der Waals surface area contributed by atoms with E-state index in [1.165, 1.54) is 11.1 Å². The van der Waals surface area contributed by atoms with Crippen molar-refractivity contribution in [2.24, 2.45) is 0 Å². The highest BCUT2D eigenvalue weighted by Crippen LogP contribution is 2.25. The second-order valence-corrected chi connectivity index (χ2v) is 6.50. The van der Waals surface area contributed by atoms with Crippen LogP contribution in [-0.2, 0) is 13.0 Å². The monoisotopic (exact) mass is 359 g/mol. The van der Waals surface area contributed by atoms with Crippen molar-refractivity contribution in [1.82, 2.24) is 4.98 Å². The molecule has 0 fully saturated rings. The molecular weight excluding hydrogens is 338 g/mol. The van der Waals surface area contributed by atoms with Gasteiger partial charge in [0.2, 0.25) is 0 Å². The van der Waals surface area contributed by atoms with Crippen molar-refractivity contribution in [3.63, 3.8) is 0 Å². The molecular formula is C22H21N3O2. The van der Waals surface area contributed by atoms with Crippen LogP contribution in [0.3, 0.4) is 0 Å². The highest BCUT2D eigenvalue weighted by molar-refractivity contribution is 6.05. The van der Waals surface area contributed by atoms with Gasteiger partial charge in [-0.25, -0.2) is 4.98 Å². The molecule has 0 atom stereocenters. The average Bonchev–Trinajstić information content (AvgIpc) is 2.74. The minimum Gasteiger partial charge on any atom is -0.496 e. The molecule has 4 rings (SSSR count). The molecule has 0 bridgehead atoms. The lowest BCUT2D eigenvalue weighted by Crippen LogP contribution is -2.30. The zero-order valence-corrected chi connectivity index (χ0v) is 15.2. The van der Waals surface area contributed by atoms with Gasteiger partial charge < -0.3 is 15.0 Å². The first kappa shape index (κ1) is 17.1. The first-order valence-electron chi connectivity index (χ1n) is 8.97. The Labute approximate surface area is 158 Å². The van der Waals surface area contributed by atoms with E-state index in [2.05, 4.69) is 39.5 Å². The number of aromatic nitrogens is 1. The summed E-state index contributed by atoms with van der Waals surface area (Å²) in [6.45, 7) is 1.84. The van der Waals surface area contributed by atoms with Gasteiger partial charge in [-0.1, -0.05) is 36.4 Å². The van der Waals surface area contributed by atoms with Crippen molar-refractivity contribution < 1.29 is 9.53 Å². The highest BCUT2D eigenvalue weighted by Gasteiger charge is 2.17. The second-order valence-electron chi connectivity index (χ2n) is 6.50. The SMILES string of the molecule is COc1ccccc1C(=O)Nc1ccc(N2CCc3ccccc3C2)cn1. The summed E-state index contributed by atoms with van der Waals surface area (Å²) in [6, 6.07) is 19.5. The van der Waals surface area contributed by atoms with Gasteiger partial charge in [-0.15, -0.1) is 0 Å². The molecule has 0 saturated heterocycles. The third kappa shape index (κ3) is 3.62. The van der Waals surface area contributed by atoms with Crippen LogP contribution in [0.1, 0.15) is 21.5 Å². The van der Waals surface area contributed by atoms with Crippen LogP contribution in [0.15, 0.2) is 66.9 Å². The smallest absolute Gasteiger partial charge is 0.260 e. The van der Waals surface area contributed by atoms with Crippen molar-refractivity contribution in [1.29, 1.82) is 0 Å². The zero-order chi connectivity index (χ0) is 18.6. The molecule has 5 nitrogen and oxygen atoms in total. The molecule has 0 aliphatic carbocycles. The van der Waals surface area contributed by atoms with Gasteiger partial charge in [-0.3, -0.25) is 4.79 Å². The third-order valence-corrected chi connectivity index (χ3v) is 4.84. The molecule has 2 heterocycles. The summed E-state index contributed by atoms with van der Waals surface area (Å²) in [6.07, 6.45) is 2.84. The summed E-state index contributed by atoms with van der Waals surface area (Å²) >= 11 is 0. The largest absolute Gasteiger partial charge is 0.496 e. The van der Waals surface area contributed by atoms with Crippen molar-refractivity contribution in [2.75, 3.05) is 23.9 Å². The summed E-state index contributed by atoms with van der Waals surface area (Å²) in [5.74, 6) is 0.824. The van der Waals surface area contributed by atoms with E-state index in [4.69, 9.17) is 4.74 Å². The predicted molar refractivity (Wildman–Crippen MR) is 106 cm³/mol. The molecule has 0 radical (unpaired) electrons. The first-order valence-corrected chi connectivity index (χ1v) is 8.97. The van der Waals surface area contributed by atoms with Crippen molar-refractivity contribution in [2.45, 2.75) is 13.0 Å². The minimum atomic E-state index is -0.236. The van der Waals surface area contributed by atoms with Gasteiger partial charge in [-0.2, -0.15) is 0 Å². The lowest BCUT2D eigenvalue weighted by molar-refractivity contribution is 0.102. The number of fused-ring (bicyclic) bond motifs is 1. The maximum Gasteiger partial charge on any atom is 0.260 e. The van der Waals surface area contributed by atoms with E-state index in [9.17, 15) is 4.79 Å². The molecule has 1 aliphatic rings. The van der Waals surface area contributed by atoms with E-state index in [1.807, 2.05) is 30.5 Å². The Morgan fingerprint density at radius 3 is 2.59 bits per heavy atom. The van der Waals surface area contributed by atoms with Crippen LogP contribution in [0.4, 0.5) is 11.5 Å². The summed E-state index contributed by atoms with van der Waals surface area (Å²) in [7, 11) is 1.55. The number of methoxy groups -OCH3 is 1. The van der Waals surface area contributed by atoms with Gasteiger partial charge in [0.15, 0.2) is 0 Å². The molecule has 2 aromatic carbocycles. The van der Waals surface area contributed by atoms with E-state index in [0.29, 0.717) is 17.1 Å². The molecule has 0 saturated carbocycles. The van der Waals surface area contributed by atoms with Crippen LogP contribution in [0.25, 0.3) is 0 Å². The number of amides is 1. The summed E-state index contributed by atoms with van der Waals surface area (Å²) < 4.78 is 5.24. The lowest BCUT2D eigenvalue weighted by atomic mass is 10.00. The number of hydrogen-bond donors (Lipinski definition) is 1. The molecule has 0 spiro atoms. The summed E-state index contributed by atoms with van der Waals surface area (Å²) in [5, 5.41) is 2.83. The van der Waals surface area contributed by atoms with Crippen molar-refractivity contribution in [3.05, 3.63) is 83.6 Å². The Morgan fingerprint density at radius 1 is 1.04 bits per heavy atom. The van der Waals surface area contributed by atoms with Gasteiger partial charge in [0.05, 0.1) is 24.6 Å². The van der Waals surface area contributed by atoms with Crippen LogP contribution in [0.2, 0.25) is 0 Å². The number of hydrogen-bond acceptors (Lipinski definition) is 4. The van der Waals surface area contributed by atoms with Gasteiger partial charge in [0.25, 0.3) is 5.91 Å². The van der Waals surface area contributed by atoms with E-state index >= 15 is 0 Å². The molecule has 0 unspecified atom stereocenters. The third-order valence-electron chi connectivity index (χ3n) is 4.84. The standard InChI is InChI=1S/C22H21N3O2/c1-27-20-9-5-4-8-19(20)22(26)24-21-11-10-18(14-23-21)25-13-12-16-6-2-3-7-17(16)15-25/h2-11,14H,12-13,15H2,1H3,(H,23,24,26). The van der Waals surface area contributed by atoms with Crippen molar-refractivity contribution in [3.8, 4) is 5.75 Å². The van der Waals surface area contributed by atoms with Gasteiger partial charge >= 0.3 is 0 Å². The van der Waals surface area contributed by atoms with Crippen LogP contribution in [-0.4, -0.2) is 24.5 Å². The van der Waals surface area contributed by atoms with Crippen LogP contribution < -0.4 is 15.0 Å². The molecule has 136 valence electrons. The van der Waals surface area contributed by atoms with Gasteiger partial charge in [0.1, 0.15) is 11.6 Å². The number of benzene rings is 2. The van der Waals surface area contributed by atoms with Crippen LogP contribution >= 0.6 is 0 Å². The number of ether oxygens (including phenoxy) is 1. The van der Waals surface area contributed by atoms with E-state index in [0.717, 1.165) is 25.2 Å². The fourth-order valence-corrected chi connectivity index (χ4v) is 3.38. The fourth-order valence-electron chi connectivity index (χ4n) is 3.38. The predicted octanol–water partition coefficient (Wildman–Crippen LogP) is 3.91. The van der Waals surface area contributed by atoms with Crippen LogP contribution in [0, 0.1) is 0 Å². The normalized spacial score (nSPS) is 13.0. The van der Waals surface area contributed by atoms with E-state index in [-0.39, 0.29) is 5.91 Å². The average molecular weight is 359 g/mol. The number of carbonyl (C=O) groups is 1. The first-order chi connectivity index (χ1) is 13.2. The number of anilines is 2. The van der Waals surface area contributed by atoms with E-state index in [1.54, 1.807) is 19.2 Å². The second kappa shape index (κ2) is 7.50. The van der Waals surface area contributed by atoms with Gasteiger partial charge in [-0.05, 0) is 41.8 Å². The molecule has 1 aliphatic heterocycles. The molecule has 1 amide bonds. The summed E-state index contributed by atoms with van der Waals surface area (Å²) in [5.41, 5.74) is 4.32. The Kier molecular flexibility index (Phi) is 4.75. The number of nitrogens with one attached hydrogen (secondary N) is 1. The molecule has 5 heteroatoms. The molecule has 27 heavy (non-hydrogen) atoms. The molecule has 3 aromatic rings. The number of carbonyl (C=O) groups excluding carboxylic acids is 1. The maximum atomic E-state index is 12.5. The van der Waals surface area contributed by atoms with Crippen LogP contribution in [0.5, 0.6) is 5.75 Å². The maximum absolute atomic E-state index is 12.5. The minimum absolute atomic E-state index is 0.236. The summed E-state index contributed by atoms with van der Waals surface area (Å²) in [4.78, 5) is 19.2. The topological polar surface area (TPSA) is 54.5 Å². The lowest BCUT2D eigenvalue weighted by Gasteiger charge is -2.30. The molecule has 1 aromatic heterocycles. The highest BCUT2D eigenvalue weighted by atomic mass is 16.5. The number of nitrogens with zero attached hydrogens (tertiary/aromatic N) is 2. The van der Waals surface area contributed by atoms with Gasteiger partial charge in [0, 0.05) is 13.1 Å². The van der Waals surface area contributed by atoms with E-state index < -0.39 is 0 Å². The Balaban J connectivity index is 1.46.